The summed E-state index contributed by atoms with van der Waals surface area (Å²) in [5.41, 5.74) is 1.39. The molecule has 3 aliphatic heterocycles. The van der Waals surface area contributed by atoms with Gasteiger partial charge in [-0.1, -0.05) is 13.0 Å². The molecule has 4 heterocycles. The highest BCUT2D eigenvalue weighted by molar-refractivity contribution is 5.79. The lowest BCUT2D eigenvalue weighted by Crippen LogP contribution is -2.58. The summed E-state index contributed by atoms with van der Waals surface area (Å²) >= 11 is 0. The van der Waals surface area contributed by atoms with Gasteiger partial charge in [-0.3, -0.25) is 0 Å². The number of benzene rings is 1. The van der Waals surface area contributed by atoms with E-state index < -0.39 is 35.6 Å². The third kappa shape index (κ3) is 4.33. The molecule has 2 aromatic rings. The van der Waals surface area contributed by atoms with E-state index in [0.29, 0.717) is 23.7 Å². The summed E-state index contributed by atoms with van der Waals surface area (Å²) in [7, 11) is 0. The fourth-order valence-electron chi connectivity index (χ4n) is 4.81. The molecule has 3 atom stereocenters. The molecular formula is C25H26F3N5O2. The third-order valence-corrected chi connectivity index (χ3v) is 6.81. The predicted octanol–water partition coefficient (Wildman–Crippen LogP) is 4.86. The molecule has 0 aliphatic carbocycles. The lowest BCUT2D eigenvalue weighted by atomic mass is 10.0. The largest absolute Gasteiger partial charge is 0.483 e. The van der Waals surface area contributed by atoms with E-state index in [1.807, 2.05) is 11.8 Å². The Morgan fingerprint density at radius 1 is 1.09 bits per heavy atom. The number of aromatic nitrogens is 1. The molecule has 7 nitrogen and oxygen atoms in total. The second kappa shape index (κ2) is 8.90. The van der Waals surface area contributed by atoms with Gasteiger partial charge in [-0.05, 0) is 37.5 Å². The van der Waals surface area contributed by atoms with Crippen molar-refractivity contribution in [3.8, 4) is 5.75 Å². The first-order valence-corrected chi connectivity index (χ1v) is 11.6. The molecule has 0 N–H and O–H groups in total. The maximum absolute atomic E-state index is 14.5. The van der Waals surface area contributed by atoms with E-state index >= 15 is 0 Å². The lowest BCUT2D eigenvalue weighted by molar-refractivity contribution is 0.0256. The van der Waals surface area contributed by atoms with Crippen molar-refractivity contribution in [2.24, 2.45) is 11.0 Å². The van der Waals surface area contributed by atoms with Gasteiger partial charge in [-0.15, -0.1) is 0 Å². The molecule has 35 heavy (non-hydrogen) atoms. The number of hydrazone groups is 1. The van der Waals surface area contributed by atoms with Crippen LogP contribution < -0.4 is 9.64 Å². The second-order valence-corrected chi connectivity index (χ2v) is 9.28. The van der Waals surface area contributed by atoms with Crippen LogP contribution >= 0.6 is 0 Å². The van der Waals surface area contributed by atoms with E-state index in [4.69, 9.17) is 4.74 Å². The zero-order valence-corrected chi connectivity index (χ0v) is 19.7. The number of urea groups is 1. The smallest absolute Gasteiger partial charge is 0.341 e. The number of anilines is 1. The molecule has 2 amide bonds. The second-order valence-electron chi connectivity index (χ2n) is 9.28. The number of carbonyl (C=O) groups excluding carboxylic acids is 1. The lowest BCUT2D eigenvalue weighted by Gasteiger charge is -2.41. The van der Waals surface area contributed by atoms with Gasteiger partial charge in [-0.25, -0.2) is 28.0 Å². The fourth-order valence-corrected chi connectivity index (χ4v) is 4.81. The summed E-state index contributed by atoms with van der Waals surface area (Å²) in [6, 6.07) is 3.98. The first-order valence-electron chi connectivity index (χ1n) is 11.6. The van der Waals surface area contributed by atoms with Crippen LogP contribution in [0.15, 0.2) is 47.3 Å². The summed E-state index contributed by atoms with van der Waals surface area (Å²) < 4.78 is 47.7. The molecule has 5 rings (SSSR count). The molecule has 1 fully saturated rings. The highest BCUT2D eigenvalue weighted by atomic mass is 19.1. The number of halogens is 3. The zero-order chi connectivity index (χ0) is 24.9. The van der Waals surface area contributed by atoms with Crippen LogP contribution in [0.1, 0.15) is 38.8 Å². The van der Waals surface area contributed by atoms with Crippen LogP contribution in [0, 0.1) is 23.4 Å². The van der Waals surface area contributed by atoms with Crippen molar-refractivity contribution >= 4 is 18.1 Å². The van der Waals surface area contributed by atoms with Gasteiger partial charge in [0.2, 0.25) is 0 Å². The van der Waals surface area contributed by atoms with Gasteiger partial charge in [0.15, 0.2) is 11.6 Å². The predicted molar refractivity (Wildman–Crippen MR) is 124 cm³/mol. The maximum Gasteiger partial charge on any atom is 0.341 e. The van der Waals surface area contributed by atoms with Crippen LogP contribution in [0.3, 0.4) is 0 Å². The number of pyridine rings is 1. The number of likely N-dealkylation sites (tertiary alicyclic amines) is 1. The van der Waals surface area contributed by atoms with Crippen molar-refractivity contribution in [2.45, 2.75) is 45.4 Å². The Balaban J connectivity index is 1.23. The normalized spacial score (nSPS) is 24.1. The Labute approximate surface area is 201 Å². The Morgan fingerprint density at radius 2 is 1.80 bits per heavy atom. The minimum Gasteiger partial charge on any atom is -0.483 e. The van der Waals surface area contributed by atoms with E-state index in [1.54, 1.807) is 12.3 Å². The van der Waals surface area contributed by atoms with Crippen molar-refractivity contribution in [3.63, 3.8) is 0 Å². The number of hydrogen-bond donors (Lipinski definition) is 0. The number of rotatable bonds is 4. The average Bonchev–Trinajstić information content (AvgIpc) is 3.35. The SMILES string of the molecule is CC1=CC(C)C(C)N1c1cc(OC2CN(C(=O)N3N=CC[C@H]3c3cc(F)cc(F)c3)C2)c(F)cn1. The van der Waals surface area contributed by atoms with Crippen LogP contribution in [0.25, 0.3) is 0 Å². The van der Waals surface area contributed by atoms with Gasteiger partial charge in [0, 0.05) is 36.5 Å². The Kier molecular flexibility index (Phi) is 5.90. The van der Waals surface area contributed by atoms with Crippen LogP contribution in [0.2, 0.25) is 0 Å². The van der Waals surface area contributed by atoms with E-state index in [1.165, 1.54) is 22.0 Å². The highest BCUT2D eigenvalue weighted by Gasteiger charge is 2.39. The minimum absolute atomic E-state index is 0.0824. The van der Waals surface area contributed by atoms with Crippen LogP contribution in [0.4, 0.5) is 23.8 Å². The topological polar surface area (TPSA) is 61.3 Å². The third-order valence-electron chi connectivity index (χ3n) is 6.81. The molecule has 10 heteroatoms. The molecule has 0 radical (unpaired) electrons. The Bertz CT molecular complexity index is 1190. The molecule has 184 valence electrons. The van der Waals surface area contributed by atoms with Gasteiger partial charge in [0.25, 0.3) is 0 Å². The average molecular weight is 486 g/mol. The first-order chi connectivity index (χ1) is 16.7. The minimum atomic E-state index is -0.709. The van der Waals surface area contributed by atoms with E-state index in [9.17, 15) is 18.0 Å². The number of allylic oxidation sites excluding steroid dienone is 1. The molecule has 1 aromatic heterocycles. The van der Waals surface area contributed by atoms with E-state index in [0.717, 1.165) is 18.0 Å². The van der Waals surface area contributed by atoms with Crippen molar-refractivity contribution in [1.82, 2.24) is 14.9 Å². The van der Waals surface area contributed by atoms with Gasteiger partial charge in [0.05, 0.1) is 25.3 Å². The standard InChI is InChI=1S/C25H26F3N5O2/c1-14-6-15(2)32(16(14)3)24-10-23(21(28)11-29-24)35-20-12-31(13-20)25(34)33-22(4-5-30-33)17-7-18(26)9-19(27)8-17/h5-11,14,16,20,22H,4,12-13H2,1-3H3/t14?,16?,22-/m0/s1. The molecule has 2 unspecified atom stereocenters. The van der Waals surface area contributed by atoms with Gasteiger partial charge < -0.3 is 14.5 Å². The highest BCUT2D eigenvalue weighted by Crippen LogP contribution is 2.35. The number of carbonyl (C=O) groups is 1. The van der Waals surface area contributed by atoms with Crippen molar-refractivity contribution in [3.05, 3.63) is 65.3 Å². The van der Waals surface area contributed by atoms with Crippen molar-refractivity contribution in [2.75, 3.05) is 18.0 Å². The van der Waals surface area contributed by atoms with Gasteiger partial charge in [0.1, 0.15) is 23.6 Å². The number of ether oxygens (including phenoxy) is 1. The molecule has 0 saturated carbocycles. The number of nitrogens with zero attached hydrogens (tertiary/aromatic N) is 5. The summed E-state index contributed by atoms with van der Waals surface area (Å²) in [5, 5.41) is 5.33. The van der Waals surface area contributed by atoms with Crippen LogP contribution in [-0.4, -0.2) is 52.4 Å². The molecule has 1 aromatic carbocycles. The van der Waals surface area contributed by atoms with E-state index in [2.05, 4.69) is 30.0 Å². The Hall–Kier alpha value is -3.56. The molecule has 0 spiro atoms. The van der Waals surface area contributed by atoms with Crippen molar-refractivity contribution in [1.29, 1.82) is 0 Å². The van der Waals surface area contributed by atoms with Crippen LogP contribution in [-0.2, 0) is 0 Å². The summed E-state index contributed by atoms with van der Waals surface area (Å²) in [6.07, 6.45) is 4.81. The van der Waals surface area contributed by atoms with E-state index in [-0.39, 0.29) is 24.9 Å². The first kappa shape index (κ1) is 23.2. The maximum atomic E-state index is 14.5. The molecule has 3 aliphatic rings. The summed E-state index contributed by atoms with van der Waals surface area (Å²) in [6.45, 7) is 6.68. The molecule has 0 bridgehead atoms. The van der Waals surface area contributed by atoms with Crippen molar-refractivity contribution < 1.29 is 22.7 Å². The number of amides is 2. The summed E-state index contributed by atoms with van der Waals surface area (Å²) in [4.78, 5) is 20.8. The zero-order valence-electron chi connectivity index (χ0n) is 19.7. The number of hydrogen-bond acceptors (Lipinski definition) is 5. The fraction of sp³-hybridized carbons (Fsp3) is 0.400. The van der Waals surface area contributed by atoms with Crippen LogP contribution in [0.5, 0.6) is 5.75 Å². The molecule has 1 saturated heterocycles. The molecular weight excluding hydrogens is 459 g/mol. The monoisotopic (exact) mass is 485 g/mol. The quantitative estimate of drug-likeness (QED) is 0.621. The Morgan fingerprint density at radius 3 is 2.46 bits per heavy atom. The van der Waals surface area contributed by atoms with Gasteiger partial charge in [-0.2, -0.15) is 5.10 Å². The van der Waals surface area contributed by atoms with Gasteiger partial charge >= 0.3 is 6.03 Å². The summed E-state index contributed by atoms with van der Waals surface area (Å²) in [5.74, 6) is -0.955.